The molecule has 1 N–H and O–H groups in total. The van der Waals surface area contributed by atoms with E-state index in [2.05, 4.69) is 23.5 Å². The van der Waals surface area contributed by atoms with Crippen LogP contribution in [0.15, 0.2) is 72.8 Å². The van der Waals surface area contributed by atoms with Crippen molar-refractivity contribution in [1.82, 2.24) is 0 Å². The summed E-state index contributed by atoms with van der Waals surface area (Å²) in [5.41, 5.74) is 6.59. The van der Waals surface area contributed by atoms with Crippen LogP contribution in [0.1, 0.15) is 34.0 Å². The van der Waals surface area contributed by atoms with Crippen molar-refractivity contribution in [2.75, 3.05) is 16.0 Å². The zero-order chi connectivity index (χ0) is 21.2. The molecular formula is C26H24N2O2S. The van der Waals surface area contributed by atoms with Gasteiger partial charge in [-0.1, -0.05) is 48.5 Å². The van der Waals surface area contributed by atoms with Gasteiger partial charge in [0.05, 0.1) is 12.2 Å². The molecule has 0 aromatic heterocycles. The molecule has 4 nitrogen and oxygen atoms in total. The topological polar surface area (TPSA) is 49.4 Å². The van der Waals surface area contributed by atoms with Crippen LogP contribution in [0.25, 0.3) is 0 Å². The van der Waals surface area contributed by atoms with Gasteiger partial charge in [0.25, 0.3) is 0 Å². The lowest BCUT2D eigenvalue weighted by Gasteiger charge is -2.25. The Kier molecular flexibility index (Phi) is 5.51. The van der Waals surface area contributed by atoms with Gasteiger partial charge in [0.2, 0.25) is 11.8 Å². The summed E-state index contributed by atoms with van der Waals surface area (Å²) >= 11 is 1.65. The second-order valence-corrected chi connectivity index (χ2v) is 9.13. The summed E-state index contributed by atoms with van der Waals surface area (Å²) in [5.74, 6) is 0.592. The minimum absolute atomic E-state index is 0.0378. The Balaban J connectivity index is 1.30. The fourth-order valence-electron chi connectivity index (χ4n) is 4.38. The van der Waals surface area contributed by atoms with Crippen molar-refractivity contribution in [1.29, 1.82) is 0 Å². The molecule has 1 aliphatic heterocycles. The number of carbonyl (C=O) groups is 2. The maximum absolute atomic E-state index is 12.7. The number of aryl methyl sites for hydroxylation is 2. The molecule has 2 amide bonds. The summed E-state index contributed by atoms with van der Waals surface area (Å²) in [7, 11) is 0. The van der Waals surface area contributed by atoms with Gasteiger partial charge in [-0.3, -0.25) is 14.5 Å². The van der Waals surface area contributed by atoms with E-state index >= 15 is 0 Å². The standard InChI is InChI=1S/C26H24N2O2S/c29-24(15-18-5-2-1-3-6-18)27-22-12-9-20(10-13-22)26-28(25(30)17-31-26)23-14-11-19-7-4-8-21(19)16-23/h1-3,5-6,9-14,16,26H,4,7-8,15,17H2,(H,27,29). The zero-order valence-corrected chi connectivity index (χ0v) is 18.0. The van der Waals surface area contributed by atoms with Crippen molar-refractivity contribution in [3.05, 3.63) is 95.1 Å². The van der Waals surface area contributed by atoms with Gasteiger partial charge < -0.3 is 5.32 Å². The third kappa shape index (κ3) is 4.23. The third-order valence-electron chi connectivity index (χ3n) is 5.92. The summed E-state index contributed by atoms with van der Waals surface area (Å²) in [6.07, 6.45) is 3.78. The highest BCUT2D eigenvalue weighted by Crippen LogP contribution is 2.42. The van der Waals surface area contributed by atoms with Crippen LogP contribution in [0, 0.1) is 0 Å². The first-order chi connectivity index (χ1) is 15.2. The maximum Gasteiger partial charge on any atom is 0.238 e. The largest absolute Gasteiger partial charge is 0.326 e. The number of amides is 2. The molecule has 5 heteroatoms. The Morgan fingerprint density at radius 2 is 1.74 bits per heavy atom. The van der Waals surface area contributed by atoms with Gasteiger partial charge >= 0.3 is 0 Å². The van der Waals surface area contributed by atoms with E-state index in [9.17, 15) is 9.59 Å². The van der Waals surface area contributed by atoms with Crippen LogP contribution in [0.2, 0.25) is 0 Å². The monoisotopic (exact) mass is 428 g/mol. The summed E-state index contributed by atoms with van der Waals surface area (Å²) in [6.45, 7) is 0. The Morgan fingerprint density at radius 1 is 0.968 bits per heavy atom. The Bertz CT molecular complexity index is 1110. The molecule has 0 bridgehead atoms. The number of hydrogen-bond donors (Lipinski definition) is 1. The van der Waals surface area contributed by atoms with Crippen molar-refractivity contribution in [2.45, 2.75) is 31.1 Å². The molecule has 31 heavy (non-hydrogen) atoms. The number of anilines is 2. The van der Waals surface area contributed by atoms with E-state index < -0.39 is 0 Å². The van der Waals surface area contributed by atoms with Gasteiger partial charge in [-0.05, 0) is 65.8 Å². The minimum Gasteiger partial charge on any atom is -0.326 e. The van der Waals surface area contributed by atoms with E-state index in [-0.39, 0.29) is 17.2 Å². The molecule has 3 aromatic carbocycles. The van der Waals surface area contributed by atoms with E-state index in [1.54, 1.807) is 11.8 Å². The molecule has 3 aromatic rings. The van der Waals surface area contributed by atoms with Crippen molar-refractivity contribution < 1.29 is 9.59 Å². The van der Waals surface area contributed by atoms with Crippen LogP contribution in [0.4, 0.5) is 11.4 Å². The molecule has 0 radical (unpaired) electrons. The average molecular weight is 429 g/mol. The minimum atomic E-state index is -0.0407. The summed E-state index contributed by atoms with van der Waals surface area (Å²) in [6, 6.07) is 24.0. The predicted molar refractivity (Wildman–Crippen MR) is 126 cm³/mol. The van der Waals surface area contributed by atoms with E-state index in [1.165, 1.54) is 17.5 Å². The normalized spacial score (nSPS) is 17.6. The maximum atomic E-state index is 12.7. The molecule has 1 saturated heterocycles. The molecule has 0 saturated carbocycles. The molecule has 2 aliphatic rings. The molecule has 156 valence electrons. The summed E-state index contributed by atoms with van der Waals surface area (Å²) in [4.78, 5) is 26.9. The Labute approximate surface area is 186 Å². The number of fused-ring (bicyclic) bond motifs is 1. The van der Waals surface area contributed by atoms with Gasteiger partial charge in [-0.15, -0.1) is 11.8 Å². The van der Waals surface area contributed by atoms with Crippen LogP contribution in [0.5, 0.6) is 0 Å². The third-order valence-corrected chi connectivity index (χ3v) is 7.13. The lowest BCUT2D eigenvalue weighted by Crippen LogP contribution is -2.27. The Morgan fingerprint density at radius 3 is 2.55 bits per heavy atom. The van der Waals surface area contributed by atoms with Crippen molar-refractivity contribution in [2.24, 2.45) is 0 Å². The molecule has 0 spiro atoms. The second kappa shape index (κ2) is 8.60. The summed E-state index contributed by atoms with van der Waals surface area (Å²) < 4.78 is 0. The van der Waals surface area contributed by atoms with Gasteiger partial charge in [0.1, 0.15) is 5.37 Å². The van der Waals surface area contributed by atoms with Crippen LogP contribution < -0.4 is 10.2 Å². The number of nitrogens with zero attached hydrogens (tertiary/aromatic N) is 1. The van der Waals surface area contributed by atoms with Crippen molar-refractivity contribution in [3.8, 4) is 0 Å². The summed E-state index contributed by atoms with van der Waals surface area (Å²) in [5, 5.41) is 2.92. The predicted octanol–water partition coefficient (Wildman–Crippen LogP) is 5.14. The van der Waals surface area contributed by atoms with Gasteiger partial charge in [-0.2, -0.15) is 0 Å². The quantitative estimate of drug-likeness (QED) is 0.613. The number of rotatable bonds is 5. The fourth-order valence-corrected chi connectivity index (χ4v) is 5.55. The van der Waals surface area contributed by atoms with Crippen molar-refractivity contribution >= 4 is 35.0 Å². The molecule has 1 atom stereocenters. The zero-order valence-electron chi connectivity index (χ0n) is 17.2. The van der Waals surface area contributed by atoms with Gasteiger partial charge in [0, 0.05) is 11.4 Å². The fraction of sp³-hybridized carbons (Fsp3) is 0.231. The molecule has 1 unspecified atom stereocenters. The SMILES string of the molecule is O=C(Cc1ccccc1)Nc1ccc(C2SCC(=O)N2c2ccc3c(c2)CCC3)cc1. The molecule has 1 aliphatic carbocycles. The van der Waals surface area contributed by atoms with E-state index in [0.717, 1.165) is 35.3 Å². The highest BCUT2D eigenvalue weighted by Gasteiger charge is 2.34. The Hall–Kier alpha value is -3.05. The lowest BCUT2D eigenvalue weighted by atomic mass is 10.1. The van der Waals surface area contributed by atoms with Gasteiger partial charge in [-0.25, -0.2) is 0 Å². The van der Waals surface area contributed by atoms with Crippen molar-refractivity contribution in [3.63, 3.8) is 0 Å². The highest BCUT2D eigenvalue weighted by atomic mass is 32.2. The van der Waals surface area contributed by atoms with E-state index in [1.807, 2.05) is 59.5 Å². The molecule has 1 heterocycles. The van der Waals surface area contributed by atoms with E-state index in [4.69, 9.17) is 0 Å². The van der Waals surface area contributed by atoms with Crippen LogP contribution in [-0.2, 0) is 28.9 Å². The van der Waals surface area contributed by atoms with Gasteiger partial charge in [0.15, 0.2) is 0 Å². The second-order valence-electron chi connectivity index (χ2n) is 8.07. The van der Waals surface area contributed by atoms with Crippen LogP contribution >= 0.6 is 11.8 Å². The lowest BCUT2D eigenvalue weighted by molar-refractivity contribution is -0.116. The number of nitrogens with one attached hydrogen (secondary N) is 1. The molecular weight excluding hydrogens is 404 g/mol. The van der Waals surface area contributed by atoms with Crippen LogP contribution in [0.3, 0.4) is 0 Å². The first kappa shape index (κ1) is 19.9. The number of benzene rings is 3. The van der Waals surface area contributed by atoms with Crippen LogP contribution in [-0.4, -0.2) is 17.6 Å². The first-order valence-electron chi connectivity index (χ1n) is 10.7. The average Bonchev–Trinajstić information content (AvgIpc) is 3.40. The first-order valence-corrected chi connectivity index (χ1v) is 11.7. The highest BCUT2D eigenvalue weighted by molar-refractivity contribution is 8.00. The molecule has 1 fully saturated rings. The van der Waals surface area contributed by atoms with E-state index in [0.29, 0.717) is 12.2 Å². The number of carbonyl (C=O) groups excluding carboxylic acids is 2. The number of hydrogen-bond acceptors (Lipinski definition) is 3. The molecule has 5 rings (SSSR count). The smallest absolute Gasteiger partial charge is 0.238 e. The number of thioether (sulfide) groups is 1.